The summed E-state index contributed by atoms with van der Waals surface area (Å²) >= 11 is 0. The molecule has 0 amide bonds. The van der Waals surface area contributed by atoms with Crippen LogP contribution in [0, 0.1) is 0 Å². The maximum atomic E-state index is 10.8. The van der Waals surface area contributed by atoms with Gasteiger partial charge in [-0.05, 0) is 42.4 Å². The van der Waals surface area contributed by atoms with E-state index in [-0.39, 0.29) is 5.92 Å². The van der Waals surface area contributed by atoms with Crippen LogP contribution in [0.4, 0.5) is 0 Å². The van der Waals surface area contributed by atoms with Crippen molar-refractivity contribution in [1.82, 2.24) is 0 Å². The summed E-state index contributed by atoms with van der Waals surface area (Å²) in [4.78, 5) is 10.8. The van der Waals surface area contributed by atoms with Crippen molar-refractivity contribution in [2.75, 3.05) is 6.61 Å². The molecule has 2 aliphatic rings. The molecule has 18 heavy (non-hydrogen) atoms. The lowest BCUT2D eigenvalue weighted by atomic mass is 9.90. The van der Waals surface area contributed by atoms with Gasteiger partial charge in [-0.1, -0.05) is 6.07 Å². The van der Waals surface area contributed by atoms with Gasteiger partial charge < -0.3 is 14.9 Å². The van der Waals surface area contributed by atoms with Gasteiger partial charge in [-0.2, -0.15) is 0 Å². The lowest BCUT2D eigenvalue weighted by Crippen LogP contribution is -2.21. The van der Waals surface area contributed by atoms with Gasteiger partial charge in [-0.25, -0.2) is 4.79 Å². The van der Waals surface area contributed by atoms with Crippen LogP contribution in [-0.2, 0) is 17.6 Å². The molecule has 1 aromatic rings. The van der Waals surface area contributed by atoms with Crippen LogP contribution in [0.5, 0.6) is 5.75 Å². The Hall–Kier alpha value is -1.55. The average Bonchev–Trinajstić information content (AvgIpc) is 2.94. The summed E-state index contributed by atoms with van der Waals surface area (Å²) in [6, 6.07) is 4.09. The van der Waals surface area contributed by atoms with Gasteiger partial charge in [-0.3, -0.25) is 0 Å². The minimum Gasteiger partial charge on any atom is -0.493 e. The van der Waals surface area contributed by atoms with Crippen molar-refractivity contribution in [3.63, 3.8) is 0 Å². The van der Waals surface area contributed by atoms with Gasteiger partial charge in [-0.15, -0.1) is 0 Å². The van der Waals surface area contributed by atoms with Crippen LogP contribution < -0.4 is 4.74 Å². The Labute approximate surface area is 105 Å². The number of carboxylic acids is 1. The normalized spacial score (nSPS) is 22.2. The average molecular weight is 248 g/mol. The van der Waals surface area contributed by atoms with E-state index in [1.165, 1.54) is 16.7 Å². The molecule has 0 fully saturated rings. The van der Waals surface area contributed by atoms with Gasteiger partial charge in [0, 0.05) is 12.0 Å². The van der Waals surface area contributed by atoms with Gasteiger partial charge in [0.1, 0.15) is 5.75 Å². The van der Waals surface area contributed by atoms with Gasteiger partial charge in [0.25, 0.3) is 0 Å². The third-order valence-corrected chi connectivity index (χ3v) is 3.98. The number of carboxylic acid groups (broad SMARTS) is 1. The first-order valence-corrected chi connectivity index (χ1v) is 6.35. The summed E-state index contributed by atoms with van der Waals surface area (Å²) in [5.41, 5.74) is 3.76. The van der Waals surface area contributed by atoms with Crippen LogP contribution >= 0.6 is 0 Å². The number of hydrogen-bond donors (Lipinski definition) is 2. The standard InChI is InChI=1S/C14H16O4/c15-11(14(16)17)7-9-2-1-8-3-4-12-10(13(8)9)5-6-18-12/h3-4,9,11,15H,1-2,5-7H2,(H,16,17). The quantitative estimate of drug-likeness (QED) is 0.850. The van der Waals surface area contributed by atoms with E-state index in [1.807, 2.05) is 6.07 Å². The van der Waals surface area contributed by atoms with Gasteiger partial charge in [0.2, 0.25) is 0 Å². The highest BCUT2D eigenvalue weighted by atomic mass is 16.5. The molecule has 1 aliphatic carbocycles. The lowest BCUT2D eigenvalue weighted by Gasteiger charge is -2.16. The first kappa shape index (κ1) is 11.5. The van der Waals surface area contributed by atoms with E-state index in [0.717, 1.165) is 25.0 Å². The van der Waals surface area contributed by atoms with E-state index < -0.39 is 12.1 Å². The van der Waals surface area contributed by atoms with E-state index >= 15 is 0 Å². The number of carbonyl (C=O) groups is 1. The molecule has 96 valence electrons. The molecule has 1 aliphatic heterocycles. The van der Waals surface area contributed by atoms with Gasteiger partial charge in [0.15, 0.2) is 6.10 Å². The van der Waals surface area contributed by atoms with Crippen LogP contribution in [0.3, 0.4) is 0 Å². The topological polar surface area (TPSA) is 66.8 Å². The number of fused-ring (bicyclic) bond motifs is 3. The molecule has 0 spiro atoms. The second-order valence-corrected chi connectivity index (χ2v) is 5.04. The minimum atomic E-state index is -1.26. The Kier molecular flexibility index (Phi) is 2.74. The number of rotatable bonds is 3. The number of aryl methyl sites for hydroxylation is 1. The summed E-state index contributed by atoms with van der Waals surface area (Å²) in [6.45, 7) is 0.708. The molecule has 0 radical (unpaired) electrons. The molecule has 2 atom stereocenters. The number of benzene rings is 1. The van der Waals surface area contributed by atoms with Crippen LogP contribution in [0.15, 0.2) is 12.1 Å². The number of ether oxygens (including phenoxy) is 1. The molecule has 1 aromatic carbocycles. The highest BCUT2D eigenvalue weighted by Crippen LogP contribution is 2.43. The third-order valence-electron chi connectivity index (χ3n) is 3.98. The molecule has 0 saturated heterocycles. The van der Waals surface area contributed by atoms with Crippen molar-refractivity contribution in [3.8, 4) is 5.75 Å². The number of aliphatic carboxylic acids is 1. The van der Waals surface area contributed by atoms with E-state index in [1.54, 1.807) is 0 Å². The predicted molar refractivity (Wildman–Crippen MR) is 65.0 cm³/mol. The Morgan fingerprint density at radius 2 is 2.28 bits per heavy atom. The fourth-order valence-corrected chi connectivity index (χ4v) is 3.16. The van der Waals surface area contributed by atoms with Crippen LogP contribution in [-0.4, -0.2) is 28.9 Å². The maximum absolute atomic E-state index is 10.8. The van der Waals surface area contributed by atoms with Crippen LogP contribution in [0.25, 0.3) is 0 Å². The van der Waals surface area contributed by atoms with Crippen molar-refractivity contribution < 1.29 is 19.7 Å². The summed E-state index contributed by atoms with van der Waals surface area (Å²) in [6.07, 6.45) is 1.84. The Bertz CT molecular complexity index is 495. The largest absolute Gasteiger partial charge is 0.493 e. The maximum Gasteiger partial charge on any atom is 0.332 e. The Morgan fingerprint density at radius 1 is 1.44 bits per heavy atom. The Balaban J connectivity index is 1.91. The monoisotopic (exact) mass is 248 g/mol. The van der Waals surface area contributed by atoms with E-state index in [0.29, 0.717) is 13.0 Å². The minimum absolute atomic E-state index is 0.155. The zero-order valence-electron chi connectivity index (χ0n) is 10.1. The zero-order valence-corrected chi connectivity index (χ0v) is 10.1. The zero-order chi connectivity index (χ0) is 12.7. The van der Waals surface area contributed by atoms with Gasteiger partial charge >= 0.3 is 5.97 Å². The van der Waals surface area contributed by atoms with Crippen LogP contribution in [0.2, 0.25) is 0 Å². The molecule has 0 aromatic heterocycles. The van der Waals surface area contributed by atoms with Crippen molar-refractivity contribution in [2.24, 2.45) is 0 Å². The second-order valence-electron chi connectivity index (χ2n) is 5.04. The second kappa shape index (κ2) is 4.28. The van der Waals surface area contributed by atoms with Crippen molar-refractivity contribution in [1.29, 1.82) is 0 Å². The van der Waals surface area contributed by atoms with E-state index in [2.05, 4.69) is 6.07 Å². The molecule has 3 rings (SSSR count). The van der Waals surface area contributed by atoms with E-state index in [9.17, 15) is 9.90 Å². The highest BCUT2D eigenvalue weighted by molar-refractivity contribution is 5.72. The molecule has 2 unspecified atom stereocenters. The summed E-state index contributed by atoms with van der Waals surface area (Å²) < 4.78 is 5.55. The fraction of sp³-hybridized carbons (Fsp3) is 0.500. The first-order chi connectivity index (χ1) is 8.66. The summed E-state index contributed by atoms with van der Waals surface area (Å²) in [7, 11) is 0. The predicted octanol–water partition coefficient (Wildman–Crippen LogP) is 1.49. The summed E-state index contributed by atoms with van der Waals surface area (Å²) in [5, 5.41) is 18.3. The SMILES string of the molecule is O=C(O)C(O)CC1CCc2ccc3c(c21)CCO3. The molecule has 2 N–H and O–H groups in total. The molecular weight excluding hydrogens is 232 g/mol. The smallest absolute Gasteiger partial charge is 0.332 e. The fourth-order valence-electron chi connectivity index (χ4n) is 3.16. The molecule has 4 nitrogen and oxygen atoms in total. The number of aliphatic hydroxyl groups excluding tert-OH is 1. The van der Waals surface area contributed by atoms with Gasteiger partial charge in [0.05, 0.1) is 6.61 Å². The Morgan fingerprint density at radius 3 is 3.06 bits per heavy atom. The molecule has 0 saturated carbocycles. The lowest BCUT2D eigenvalue weighted by molar-refractivity contribution is -0.147. The van der Waals surface area contributed by atoms with Crippen molar-refractivity contribution in [3.05, 3.63) is 28.8 Å². The number of hydrogen-bond acceptors (Lipinski definition) is 3. The molecule has 0 bridgehead atoms. The molecule has 1 heterocycles. The third kappa shape index (κ3) is 1.77. The number of aliphatic hydroxyl groups is 1. The molecule has 4 heteroatoms. The van der Waals surface area contributed by atoms with Crippen LogP contribution in [0.1, 0.15) is 35.4 Å². The van der Waals surface area contributed by atoms with Crippen molar-refractivity contribution >= 4 is 5.97 Å². The first-order valence-electron chi connectivity index (χ1n) is 6.35. The highest BCUT2D eigenvalue weighted by Gasteiger charge is 2.32. The summed E-state index contributed by atoms with van der Waals surface area (Å²) in [5.74, 6) is -0.0412. The van der Waals surface area contributed by atoms with Crippen molar-refractivity contribution in [2.45, 2.75) is 37.7 Å². The molecular formula is C14H16O4. The van der Waals surface area contributed by atoms with E-state index in [4.69, 9.17) is 9.84 Å².